The largest absolute Gasteiger partial charge is 0.371 e. The molecule has 17 heavy (non-hydrogen) atoms. The van der Waals surface area contributed by atoms with Crippen LogP contribution < -0.4 is 5.73 Å². The first-order chi connectivity index (χ1) is 8.20. The van der Waals surface area contributed by atoms with E-state index < -0.39 is 0 Å². The summed E-state index contributed by atoms with van der Waals surface area (Å²) in [6.45, 7) is 4.93. The van der Waals surface area contributed by atoms with Gasteiger partial charge in [-0.2, -0.15) is 0 Å². The van der Waals surface area contributed by atoms with Gasteiger partial charge in [0.05, 0.1) is 5.69 Å². The van der Waals surface area contributed by atoms with Crippen molar-refractivity contribution in [2.24, 2.45) is 5.73 Å². The molecule has 0 radical (unpaired) electrons. The second-order valence-corrected chi connectivity index (χ2v) is 5.79. The summed E-state index contributed by atoms with van der Waals surface area (Å²) in [6, 6.07) is 0. The average molecular weight is 254 g/mol. The van der Waals surface area contributed by atoms with Crippen LogP contribution in [0, 0.1) is 0 Å². The third kappa shape index (κ3) is 2.26. The Hall–Kier alpha value is -0.450. The van der Waals surface area contributed by atoms with Gasteiger partial charge >= 0.3 is 0 Å². The molecule has 4 heteroatoms. The van der Waals surface area contributed by atoms with Crippen LogP contribution in [0.2, 0.25) is 0 Å². The van der Waals surface area contributed by atoms with Gasteiger partial charge in [0.2, 0.25) is 0 Å². The Kier molecular flexibility index (Phi) is 3.85. The van der Waals surface area contributed by atoms with Crippen LogP contribution in [0.15, 0.2) is 0 Å². The zero-order chi connectivity index (χ0) is 12.5. The van der Waals surface area contributed by atoms with E-state index in [0.29, 0.717) is 12.5 Å². The molecule has 0 aromatic carbocycles. The molecule has 3 nitrogen and oxygen atoms in total. The van der Waals surface area contributed by atoms with Crippen LogP contribution in [0.1, 0.15) is 61.0 Å². The van der Waals surface area contributed by atoms with E-state index >= 15 is 0 Å². The van der Waals surface area contributed by atoms with E-state index in [4.69, 9.17) is 15.5 Å². The molecule has 1 heterocycles. The molecule has 1 aromatic heterocycles. The Morgan fingerprint density at radius 1 is 1.41 bits per heavy atom. The highest BCUT2D eigenvalue weighted by atomic mass is 32.1. The number of methoxy groups -OCH3 is 1. The summed E-state index contributed by atoms with van der Waals surface area (Å²) in [5.41, 5.74) is 6.87. The van der Waals surface area contributed by atoms with Gasteiger partial charge in [0.1, 0.15) is 10.6 Å². The van der Waals surface area contributed by atoms with Crippen molar-refractivity contribution < 1.29 is 4.74 Å². The Balaban J connectivity index is 2.37. The summed E-state index contributed by atoms with van der Waals surface area (Å²) in [7, 11) is 1.79. The maximum atomic E-state index is 5.83. The van der Waals surface area contributed by atoms with E-state index in [0.717, 1.165) is 17.8 Å². The molecule has 1 saturated carbocycles. The minimum atomic E-state index is -0.207. The lowest BCUT2D eigenvalue weighted by atomic mass is 9.98. The van der Waals surface area contributed by atoms with E-state index in [9.17, 15) is 0 Å². The van der Waals surface area contributed by atoms with Gasteiger partial charge in [-0.3, -0.25) is 0 Å². The highest BCUT2D eigenvalue weighted by molar-refractivity contribution is 7.11. The molecule has 0 unspecified atom stereocenters. The Labute approximate surface area is 107 Å². The highest BCUT2D eigenvalue weighted by Gasteiger charge is 2.36. The lowest BCUT2D eigenvalue weighted by Gasteiger charge is -2.27. The zero-order valence-electron chi connectivity index (χ0n) is 11.0. The van der Waals surface area contributed by atoms with Crippen molar-refractivity contribution in [1.82, 2.24) is 4.98 Å². The van der Waals surface area contributed by atoms with E-state index in [1.54, 1.807) is 18.4 Å². The standard InChI is InChI=1S/C13H22N2OS/c1-4-13(5-2,16-3)12-15-11(9-6-7-9)10(8-14)17-12/h9H,4-8,14H2,1-3H3. The molecule has 1 aromatic rings. The van der Waals surface area contributed by atoms with Crippen LogP contribution in [-0.2, 0) is 16.9 Å². The SMILES string of the molecule is CCC(CC)(OC)c1nc(C2CC2)c(CN)s1. The van der Waals surface area contributed by atoms with E-state index in [-0.39, 0.29) is 5.60 Å². The maximum Gasteiger partial charge on any atom is 0.125 e. The Morgan fingerprint density at radius 2 is 2.06 bits per heavy atom. The molecule has 0 saturated heterocycles. The zero-order valence-corrected chi connectivity index (χ0v) is 11.8. The molecule has 2 rings (SSSR count). The van der Waals surface area contributed by atoms with Crippen LogP contribution in [0.25, 0.3) is 0 Å². The quantitative estimate of drug-likeness (QED) is 0.848. The normalized spacial score (nSPS) is 16.5. The average Bonchev–Trinajstić information content (AvgIpc) is 3.12. The molecule has 2 N–H and O–H groups in total. The molecule has 1 aliphatic rings. The van der Waals surface area contributed by atoms with Crippen LogP contribution in [-0.4, -0.2) is 12.1 Å². The van der Waals surface area contributed by atoms with Crippen molar-refractivity contribution in [3.63, 3.8) is 0 Å². The van der Waals surface area contributed by atoms with Gasteiger partial charge in [0.15, 0.2) is 0 Å². The monoisotopic (exact) mass is 254 g/mol. The number of rotatable bonds is 6. The number of nitrogens with two attached hydrogens (primary N) is 1. The van der Waals surface area contributed by atoms with E-state index in [1.807, 2.05) is 0 Å². The van der Waals surface area contributed by atoms with Gasteiger partial charge in [-0.25, -0.2) is 4.98 Å². The van der Waals surface area contributed by atoms with Crippen molar-refractivity contribution in [2.75, 3.05) is 7.11 Å². The second-order valence-electron chi connectivity index (χ2n) is 4.71. The molecule has 96 valence electrons. The molecule has 0 bridgehead atoms. The molecule has 1 fully saturated rings. The lowest BCUT2D eigenvalue weighted by Crippen LogP contribution is -2.26. The molecule has 0 aliphatic heterocycles. The van der Waals surface area contributed by atoms with Crippen molar-refractivity contribution in [2.45, 2.75) is 57.6 Å². The van der Waals surface area contributed by atoms with Crippen molar-refractivity contribution in [3.8, 4) is 0 Å². The second kappa shape index (κ2) is 5.04. The van der Waals surface area contributed by atoms with Gasteiger partial charge in [0.25, 0.3) is 0 Å². The first kappa shape index (κ1) is 13.0. The molecule has 0 amide bonds. The summed E-state index contributed by atoms with van der Waals surface area (Å²) in [4.78, 5) is 6.10. The first-order valence-corrected chi connectivity index (χ1v) is 7.27. The third-order valence-corrected chi connectivity index (χ3v) is 5.08. The first-order valence-electron chi connectivity index (χ1n) is 6.46. The summed E-state index contributed by atoms with van der Waals surface area (Å²) >= 11 is 1.75. The number of ether oxygens (including phenoxy) is 1. The fourth-order valence-corrected chi connectivity index (χ4v) is 3.64. The van der Waals surface area contributed by atoms with Crippen molar-refractivity contribution in [1.29, 1.82) is 0 Å². The van der Waals surface area contributed by atoms with Crippen LogP contribution in [0.5, 0.6) is 0 Å². The molecular formula is C13H22N2OS. The summed E-state index contributed by atoms with van der Waals surface area (Å²) in [5.74, 6) is 0.668. The van der Waals surface area contributed by atoms with Crippen LogP contribution in [0.4, 0.5) is 0 Å². The summed E-state index contributed by atoms with van der Waals surface area (Å²) in [6.07, 6.45) is 4.46. The third-order valence-electron chi connectivity index (χ3n) is 3.80. The highest BCUT2D eigenvalue weighted by Crippen LogP contribution is 2.45. The van der Waals surface area contributed by atoms with Gasteiger partial charge in [-0.05, 0) is 25.7 Å². The maximum absolute atomic E-state index is 5.83. The molecule has 1 aliphatic carbocycles. The van der Waals surface area contributed by atoms with Crippen molar-refractivity contribution >= 4 is 11.3 Å². The fraction of sp³-hybridized carbons (Fsp3) is 0.769. The number of aromatic nitrogens is 1. The minimum absolute atomic E-state index is 0.207. The lowest BCUT2D eigenvalue weighted by molar-refractivity contribution is -0.0219. The fourth-order valence-electron chi connectivity index (χ4n) is 2.31. The van der Waals surface area contributed by atoms with Gasteiger partial charge in [0, 0.05) is 24.4 Å². The van der Waals surface area contributed by atoms with Crippen molar-refractivity contribution in [3.05, 3.63) is 15.6 Å². The molecule has 0 spiro atoms. The van der Waals surface area contributed by atoms with Gasteiger partial charge < -0.3 is 10.5 Å². The predicted octanol–water partition coefficient (Wildman–Crippen LogP) is 3.14. The number of nitrogens with zero attached hydrogens (tertiary/aromatic N) is 1. The number of hydrogen-bond donors (Lipinski definition) is 1. The summed E-state index contributed by atoms with van der Waals surface area (Å²) in [5, 5.41) is 1.12. The van der Waals surface area contributed by atoms with E-state index in [1.165, 1.54) is 23.4 Å². The van der Waals surface area contributed by atoms with Gasteiger partial charge in [-0.1, -0.05) is 13.8 Å². The minimum Gasteiger partial charge on any atom is -0.371 e. The van der Waals surface area contributed by atoms with Crippen LogP contribution >= 0.6 is 11.3 Å². The predicted molar refractivity (Wildman–Crippen MR) is 71.2 cm³/mol. The number of hydrogen-bond acceptors (Lipinski definition) is 4. The molecule has 0 atom stereocenters. The number of thiazole rings is 1. The van der Waals surface area contributed by atoms with E-state index in [2.05, 4.69) is 13.8 Å². The summed E-state index contributed by atoms with van der Waals surface area (Å²) < 4.78 is 5.74. The van der Waals surface area contributed by atoms with Crippen LogP contribution in [0.3, 0.4) is 0 Å². The Morgan fingerprint density at radius 3 is 2.47 bits per heavy atom. The topological polar surface area (TPSA) is 48.1 Å². The Bertz CT molecular complexity index is 373. The molecular weight excluding hydrogens is 232 g/mol. The van der Waals surface area contributed by atoms with Gasteiger partial charge in [-0.15, -0.1) is 11.3 Å². The smallest absolute Gasteiger partial charge is 0.125 e.